The third kappa shape index (κ3) is 4.10. The van der Waals surface area contributed by atoms with Crippen molar-refractivity contribution < 1.29 is 18.3 Å². The molecular weight excluding hydrogens is 450 g/mol. The maximum Gasteiger partial charge on any atom is 0.230 e. The Labute approximate surface area is 202 Å². The van der Waals surface area contributed by atoms with E-state index in [1.807, 2.05) is 28.1 Å². The molecule has 0 spiro atoms. The maximum atomic E-state index is 14.1. The zero-order valence-electron chi connectivity index (χ0n) is 19.6. The molecule has 1 N–H and O–H groups in total. The van der Waals surface area contributed by atoms with Gasteiger partial charge in [-0.2, -0.15) is 5.10 Å². The Hall–Kier alpha value is -3.26. The molecule has 0 radical (unpaired) electrons. The molecule has 1 saturated carbocycles. The molecule has 3 heterocycles. The highest BCUT2D eigenvalue weighted by Gasteiger charge is 2.40. The van der Waals surface area contributed by atoms with Gasteiger partial charge in [-0.15, -0.1) is 0 Å². The van der Waals surface area contributed by atoms with E-state index in [0.29, 0.717) is 18.2 Å². The summed E-state index contributed by atoms with van der Waals surface area (Å²) in [5.41, 5.74) is 3.60. The van der Waals surface area contributed by atoms with Crippen LogP contribution in [-0.2, 0) is 4.79 Å². The number of ether oxygens (including phenoxy) is 1. The number of carbonyl (C=O) groups is 1. The summed E-state index contributed by atoms with van der Waals surface area (Å²) in [6, 6.07) is 3.98. The van der Waals surface area contributed by atoms with Crippen LogP contribution in [-0.4, -0.2) is 39.7 Å². The number of aromatic nitrogens is 2. The van der Waals surface area contributed by atoms with Crippen LogP contribution in [0.1, 0.15) is 50.6 Å². The molecule has 182 valence electrons. The smallest absolute Gasteiger partial charge is 0.230 e. The molecule has 0 bridgehead atoms. The minimum Gasteiger partial charge on any atom is -0.456 e. The third-order valence-electron chi connectivity index (χ3n) is 7.33. The number of hydrogen-bond acceptors (Lipinski definition) is 4. The van der Waals surface area contributed by atoms with Crippen molar-refractivity contribution in [3.63, 3.8) is 0 Å². The van der Waals surface area contributed by atoms with Gasteiger partial charge in [-0.05, 0) is 44.7 Å². The van der Waals surface area contributed by atoms with Gasteiger partial charge in [-0.25, -0.2) is 8.78 Å². The van der Waals surface area contributed by atoms with E-state index in [2.05, 4.69) is 23.4 Å². The molecule has 2 aliphatic carbocycles. The fraction of sp³-hybridized carbons (Fsp3) is 0.407. The van der Waals surface area contributed by atoms with Crippen molar-refractivity contribution in [2.24, 2.45) is 5.92 Å². The van der Waals surface area contributed by atoms with E-state index in [1.165, 1.54) is 6.07 Å². The Morgan fingerprint density at radius 3 is 2.71 bits per heavy atom. The Balaban J connectivity index is 1.47. The van der Waals surface area contributed by atoms with Gasteiger partial charge >= 0.3 is 0 Å². The quantitative estimate of drug-likeness (QED) is 0.675. The SMILES string of the molecule is C[C@H]1CCC2=C(CC=CC(c3cnn(C4CNC4)c3)=C2Oc2ccc(F)c(F)c2)N1C(=O)C1CC1. The molecule has 4 aliphatic rings. The first-order chi connectivity index (χ1) is 17.0. The van der Waals surface area contributed by atoms with Gasteiger partial charge < -0.3 is 15.0 Å². The lowest BCUT2D eigenvalue weighted by molar-refractivity contribution is -0.132. The van der Waals surface area contributed by atoms with Crippen LogP contribution in [0.5, 0.6) is 5.75 Å². The predicted octanol–water partition coefficient (Wildman–Crippen LogP) is 4.73. The summed E-state index contributed by atoms with van der Waals surface area (Å²) in [6.07, 6.45) is 11.9. The Morgan fingerprint density at radius 2 is 2.00 bits per heavy atom. The zero-order valence-corrected chi connectivity index (χ0v) is 19.6. The van der Waals surface area contributed by atoms with E-state index < -0.39 is 11.6 Å². The highest BCUT2D eigenvalue weighted by Crippen LogP contribution is 2.43. The van der Waals surface area contributed by atoms with Crippen molar-refractivity contribution in [2.75, 3.05) is 13.1 Å². The predicted molar refractivity (Wildman–Crippen MR) is 127 cm³/mol. The fourth-order valence-electron chi connectivity index (χ4n) is 5.05. The molecule has 0 unspecified atom stereocenters. The van der Waals surface area contributed by atoms with Crippen LogP contribution in [0.3, 0.4) is 0 Å². The van der Waals surface area contributed by atoms with Crippen LogP contribution in [0.2, 0.25) is 0 Å². The number of rotatable bonds is 5. The molecule has 1 aromatic carbocycles. The van der Waals surface area contributed by atoms with Crippen LogP contribution in [0.25, 0.3) is 5.57 Å². The topological polar surface area (TPSA) is 59.4 Å². The summed E-state index contributed by atoms with van der Waals surface area (Å²) in [4.78, 5) is 15.2. The summed E-state index contributed by atoms with van der Waals surface area (Å²) >= 11 is 0. The number of benzene rings is 1. The zero-order chi connectivity index (χ0) is 24.1. The molecule has 2 aliphatic heterocycles. The van der Waals surface area contributed by atoms with Gasteiger partial charge in [0.05, 0.1) is 12.2 Å². The summed E-state index contributed by atoms with van der Waals surface area (Å²) < 4.78 is 35.9. The highest BCUT2D eigenvalue weighted by molar-refractivity contribution is 5.85. The van der Waals surface area contributed by atoms with Crippen molar-refractivity contribution in [3.8, 4) is 5.75 Å². The van der Waals surface area contributed by atoms with Gasteiger partial charge in [0.2, 0.25) is 5.91 Å². The molecule has 2 aromatic rings. The number of halogens is 2. The molecule has 1 aromatic heterocycles. The summed E-state index contributed by atoms with van der Waals surface area (Å²) in [6.45, 7) is 3.84. The molecule has 6 rings (SSSR count). The molecule has 1 saturated heterocycles. The van der Waals surface area contributed by atoms with Crippen molar-refractivity contribution in [1.82, 2.24) is 20.0 Å². The second-order valence-electron chi connectivity index (χ2n) is 9.84. The van der Waals surface area contributed by atoms with E-state index in [9.17, 15) is 13.6 Å². The molecule has 8 heteroatoms. The van der Waals surface area contributed by atoms with Crippen molar-refractivity contribution in [2.45, 2.75) is 51.1 Å². The maximum absolute atomic E-state index is 14.1. The number of nitrogens with one attached hydrogen (secondary N) is 1. The molecule has 6 nitrogen and oxygen atoms in total. The lowest BCUT2D eigenvalue weighted by Crippen LogP contribution is -2.43. The van der Waals surface area contributed by atoms with Gasteiger partial charge in [-0.3, -0.25) is 9.48 Å². The second kappa shape index (κ2) is 8.75. The van der Waals surface area contributed by atoms with Gasteiger partial charge in [0, 0.05) is 66.1 Å². The highest BCUT2D eigenvalue weighted by atomic mass is 19.2. The fourth-order valence-corrected chi connectivity index (χ4v) is 5.05. The molecular formula is C27H28F2N4O2. The van der Waals surface area contributed by atoms with E-state index >= 15 is 0 Å². The van der Waals surface area contributed by atoms with Gasteiger partial charge in [-0.1, -0.05) is 12.2 Å². The van der Waals surface area contributed by atoms with Crippen LogP contribution in [0.4, 0.5) is 8.78 Å². The minimum atomic E-state index is -0.962. The van der Waals surface area contributed by atoms with Gasteiger partial charge in [0.15, 0.2) is 11.6 Å². The Bertz CT molecular complexity index is 1270. The van der Waals surface area contributed by atoms with E-state index in [4.69, 9.17) is 4.74 Å². The first-order valence-electron chi connectivity index (χ1n) is 12.3. The average molecular weight is 479 g/mol. The summed E-state index contributed by atoms with van der Waals surface area (Å²) in [7, 11) is 0. The Morgan fingerprint density at radius 1 is 1.17 bits per heavy atom. The van der Waals surface area contributed by atoms with Gasteiger partial charge in [0.1, 0.15) is 11.5 Å². The second-order valence-corrected chi connectivity index (χ2v) is 9.84. The minimum absolute atomic E-state index is 0.102. The van der Waals surface area contributed by atoms with Crippen LogP contribution < -0.4 is 10.1 Å². The van der Waals surface area contributed by atoms with Crippen molar-refractivity contribution in [3.05, 3.63) is 77.0 Å². The first kappa shape index (κ1) is 22.2. The standard InChI is InChI=1S/C27H28F2N4O2/c1-16-5-9-22-25(33(16)27(34)17-6-7-17)4-2-3-21(18-12-31-32(15-18)19-13-30-14-19)26(22)35-20-8-10-23(28)24(29)11-20/h2-3,8,10-12,15-17,19,30H,4-7,9,13-14H2,1H3/t16-/m0/s1. The molecule has 1 amide bonds. The van der Waals surface area contributed by atoms with Crippen LogP contribution >= 0.6 is 0 Å². The van der Waals surface area contributed by atoms with Gasteiger partial charge in [0.25, 0.3) is 0 Å². The normalized spacial score (nSPS) is 22.7. The van der Waals surface area contributed by atoms with E-state index in [1.54, 1.807) is 0 Å². The molecule has 2 fully saturated rings. The Kier molecular flexibility index (Phi) is 5.56. The van der Waals surface area contributed by atoms with Crippen molar-refractivity contribution >= 4 is 11.5 Å². The van der Waals surface area contributed by atoms with Crippen LogP contribution in [0.15, 0.2) is 59.8 Å². The number of nitrogens with zero attached hydrogens (tertiary/aromatic N) is 3. The van der Waals surface area contributed by atoms with Crippen LogP contribution in [0, 0.1) is 17.6 Å². The molecule has 35 heavy (non-hydrogen) atoms. The number of allylic oxidation sites excluding steroid dienone is 4. The molecule has 1 atom stereocenters. The lowest BCUT2D eigenvalue weighted by Gasteiger charge is -2.37. The van der Waals surface area contributed by atoms with E-state index in [-0.39, 0.29) is 23.6 Å². The summed E-state index contributed by atoms with van der Waals surface area (Å²) in [5.74, 6) is -0.810. The van der Waals surface area contributed by atoms with E-state index in [0.717, 1.165) is 73.3 Å². The monoisotopic (exact) mass is 478 g/mol. The average Bonchev–Trinajstić information content (AvgIpc) is 3.58. The summed E-state index contributed by atoms with van der Waals surface area (Å²) in [5, 5.41) is 7.82. The lowest BCUT2D eigenvalue weighted by atomic mass is 9.92. The number of hydrogen-bond donors (Lipinski definition) is 1. The number of amides is 1. The number of carbonyl (C=O) groups excluding carboxylic acids is 1. The largest absolute Gasteiger partial charge is 0.456 e. The first-order valence-corrected chi connectivity index (χ1v) is 12.3. The van der Waals surface area contributed by atoms with Crippen molar-refractivity contribution in [1.29, 1.82) is 0 Å². The third-order valence-corrected chi connectivity index (χ3v) is 7.33.